The summed E-state index contributed by atoms with van der Waals surface area (Å²) in [5.74, 6) is 4.64. The molecule has 0 spiro atoms. The number of nitrogens with zero attached hydrogens (tertiary/aromatic N) is 1. The fourth-order valence-corrected chi connectivity index (χ4v) is 7.06. The van der Waals surface area contributed by atoms with Gasteiger partial charge in [-0.25, -0.2) is 4.99 Å². The average molecular weight is 361 g/mol. The van der Waals surface area contributed by atoms with Crippen LogP contribution in [-0.4, -0.2) is 23.3 Å². The second-order valence-electron chi connectivity index (χ2n) is 9.97. The highest BCUT2D eigenvalue weighted by Crippen LogP contribution is 2.60. The highest BCUT2D eigenvalue weighted by atomic mass is 32.1. The topological polar surface area (TPSA) is 24.4 Å². The maximum Gasteiger partial charge on any atom is 0.0657 e. The van der Waals surface area contributed by atoms with Gasteiger partial charge in [0.15, 0.2) is 0 Å². The van der Waals surface area contributed by atoms with Crippen LogP contribution in [0.2, 0.25) is 0 Å². The van der Waals surface area contributed by atoms with Crippen LogP contribution in [0.1, 0.15) is 66.2 Å². The van der Waals surface area contributed by atoms with E-state index >= 15 is 0 Å². The van der Waals surface area contributed by atoms with Crippen molar-refractivity contribution in [1.29, 1.82) is 0 Å². The van der Waals surface area contributed by atoms with Crippen molar-refractivity contribution in [2.24, 2.45) is 40.5 Å². The molecule has 3 rings (SSSR count). The van der Waals surface area contributed by atoms with Gasteiger partial charge in [-0.1, -0.05) is 19.1 Å². The predicted molar refractivity (Wildman–Crippen MR) is 110 cm³/mol. The number of allylic oxidation sites excluding steroid dienone is 1. The van der Waals surface area contributed by atoms with Crippen LogP contribution in [0.25, 0.3) is 0 Å². The van der Waals surface area contributed by atoms with E-state index in [1.807, 2.05) is 0 Å². The molecule has 3 heteroatoms. The van der Waals surface area contributed by atoms with Gasteiger partial charge in [-0.15, -0.1) is 0 Å². The highest BCUT2D eigenvalue weighted by Gasteiger charge is 2.56. The third kappa shape index (κ3) is 3.40. The van der Waals surface area contributed by atoms with Crippen molar-refractivity contribution in [3.63, 3.8) is 0 Å². The lowest BCUT2D eigenvalue weighted by Gasteiger charge is -2.61. The molecule has 1 N–H and O–H groups in total. The average Bonchev–Trinajstić information content (AvgIpc) is 2.53. The minimum Gasteiger partial charge on any atom is -0.314 e. The summed E-state index contributed by atoms with van der Waals surface area (Å²) in [7, 11) is 2.17. The van der Waals surface area contributed by atoms with Crippen molar-refractivity contribution in [3.8, 4) is 0 Å². The largest absolute Gasteiger partial charge is 0.314 e. The third-order valence-corrected chi connectivity index (χ3v) is 8.12. The zero-order valence-electron chi connectivity index (χ0n) is 16.8. The maximum absolute atomic E-state index is 4.90. The summed E-state index contributed by atoms with van der Waals surface area (Å²) in [6, 6.07) is 0. The number of isothiocyanates is 1. The summed E-state index contributed by atoms with van der Waals surface area (Å²) in [6.45, 7) is 14.0. The third-order valence-electron chi connectivity index (χ3n) is 8.03. The molecule has 2 nitrogen and oxygen atoms in total. The van der Waals surface area contributed by atoms with E-state index in [1.165, 1.54) is 37.7 Å². The molecule has 3 aliphatic rings. The van der Waals surface area contributed by atoms with Crippen molar-refractivity contribution >= 4 is 17.4 Å². The first-order valence-electron chi connectivity index (χ1n) is 10.2. The van der Waals surface area contributed by atoms with E-state index in [0.717, 1.165) is 30.1 Å². The van der Waals surface area contributed by atoms with Crippen LogP contribution in [0.15, 0.2) is 17.1 Å². The summed E-state index contributed by atoms with van der Waals surface area (Å²) in [6.07, 6.45) is 7.65. The molecule has 0 aliphatic heterocycles. The van der Waals surface area contributed by atoms with E-state index in [0.29, 0.717) is 17.4 Å². The molecule has 140 valence electrons. The van der Waals surface area contributed by atoms with Gasteiger partial charge in [0.05, 0.1) is 10.7 Å². The molecule has 3 fully saturated rings. The van der Waals surface area contributed by atoms with Crippen molar-refractivity contribution in [3.05, 3.63) is 12.2 Å². The number of hydrogen-bond acceptors (Lipinski definition) is 3. The minimum atomic E-state index is -0.104. The van der Waals surface area contributed by atoms with E-state index in [-0.39, 0.29) is 5.54 Å². The lowest BCUT2D eigenvalue weighted by molar-refractivity contribution is -0.0709. The summed E-state index contributed by atoms with van der Waals surface area (Å²) in [5, 5.41) is 6.34. The molecule has 25 heavy (non-hydrogen) atoms. The number of thiocarbonyl (C=S) groups is 1. The molecule has 0 amide bonds. The zero-order chi connectivity index (χ0) is 18.4. The Morgan fingerprint density at radius 1 is 1.40 bits per heavy atom. The Bertz CT molecular complexity index is 577. The number of aliphatic imine (C=N–C) groups is 1. The second-order valence-corrected chi connectivity index (χ2v) is 10.2. The zero-order valence-corrected chi connectivity index (χ0v) is 17.6. The molecular formula is C22H36N2S. The number of hydrogen-bond donors (Lipinski definition) is 1. The summed E-state index contributed by atoms with van der Waals surface area (Å²) < 4.78 is 0. The fourth-order valence-electron chi connectivity index (χ4n) is 6.82. The normalized spacial score (nSPS) is 44.0. The van der Waals surface area contributed by atoms with Gasteiger partial charge >= 0.3 is 0 Å². The SMILES string of the molecule is C=C1CCC2C3C(CCC2(C)NC)C(C)CC(CC(C)(C)N=C=S)C13. The molecule has 0 aromatic heterocycles. The quantitative estimate of drug-likeness (QED) is 0.407. The van der Waals surface area contributed by atoms with E-state index < -0.39 is 0 Å². The van der Waals surface area contributed by atoms with Crippen LogP contribution < -0.4 is 5.32 Å². The molecule has 7 unspecified atom stereocenters. The van der Waals surface area contributed by atoms with Gasteiger partial charge in [0.25, 0.3) is 0 Å². The smallest absolute Gasteiger partial charge is 0.0657 e. The Morgan fingerprint density at radius 3 is 2.76 bits per heavy atom. The van der Waals surface area contributed by atoms with Crippen molar-refractivity contribution in [2.75, 3.05) is 7.05 Å². The van der Waals surface area contributed by atoms with Gasteiger partial charge in [-0.3, -0.25) is 0 Å². The molecule has 3 saturated carbocycles. The Hall–Kier alpha value is -0.500. The van der Waals surface area contributed by atoms with Crippen molar-refractivity contribution < 1.29 is 0 Å². The lowest BCUT2D eigenvalue weighted by Crippen LogP contribution is -2.60. The summed E-state index contributed by atoms with van der Waals surface area (Å²) in [4.78, 5) is 4.48. The van der Waals surface area contributed by atoms with Gasteiger partial charge in [-0.05, 0) is 114 Å². The predicted octanol–water partition coefficient (Wildman–Crippen LogP) is 5.50. The minimum absolute atomic E-state index is 0.104. The molecule has 0 aromatic carbocycles. The summed E-state index contributed by atoms with van der Waals surface area (Å²) in [5.41, 5.74) is 1.71. The van der Waals surface area contributed by atoms with E-state index in [1.54, 1.807) is 0 Å². The Morgan fingerprint density at radius 2 is 2.12 bits per heavy atom. The van der Waals surface area contributed by atoms with E-state index in [2.05, 4.69) is 56.8 Å². The highest BCUT2D eigenvalue weighted by molar-refractivity contribution is 7.78. The molecule has 0 heterocycles. The molecule has 0 bridgehead atoms. The van der Waals surface area contributed by atoms with Gasteiger partial charge < -0.3 is 5.32 Å². The molecule has 0 saturated heterocycles. The lowest BCUT2D eigenvalue weighted by atomic mass is 9.46. The summed E-state index contributed by atoms with van der Waals surface area (Å²) >= 11 is 4.90. The Kier molecular flexibility index (Phi) is 5.32. The van der Waals surface area contributed by atoms with Gasteiger partial charge in [0.2, 0.25) is 0 Å². The van der Waals surface area contributed by atoms with E-state index in [4.69, 9.17) is 12.2 Å². The van der Waals surface area contributed by atoms with E-state index in [9.17, 15) is 0 Å². The van der Waals surface area contributed by atoms with Crippen LogP contribution in [0.4, 0.5) is 0 Å². The first kappa shape index (κ1) is 19.3. The van der Waals surface area contributed by atoms with Crippen LogP contribution in [0.3, 0.4) is 0 Å². The fraction of sp³-hybridized carbons (Fsp3) is 0.864. The first-order valence-corrected chi connectivity index (χ1v) is 10.6. The first-order chi connectivity index (χ1) is 11.7. The number of rotatable bonds is 4. The van der Waals surface area contributed by atoms with Crippen LogP contribution in [0.5, 0.6) is 0 Å². The Labute approximate surface area is 159 Å². The standard InChI is InChI=1S/C22H36N2S/c1-14-7-8-18-20-17(9-10-22(18,5)23-6)15(2)11-16(19(14)20)12-21(3,4)24-13-25/h15-20,23H,1,7-12H2,2-6H3. The second kappa shape index (κ2) is 6.91. The van der Waals surface area contributed by atoms with Crippen molar-refractivity contribution in [2.45, 2.75) is 77.3 Å². The molecule has 3 aliphatic carbocycles. The van der Waals surface area contributed by atoms with Crippen LogP contribution in [0, 0.1) is 35.5 Å². The molecule has 7 atom stereocenters. The van der Waals surface area contributed by atoms with Crippen LogP contribution >= 0.6 is 12.2 Å². The van der Waals surface area contributed by atoms with Gasteiger partial charge in [-0.2, -0.15) is 0 Å². The van der Waals surface area contributed by atoms with Gasteiger partial charge in [0, 0.05) is 5.54 Å². The molecule has 0 radical (unpaired) electrons. The molecular weight excluding hydrogens is 324 g/mol. The monoisotopic (exact) mass is 360 g/mol. The Balaban J connectivity index is 1.94. The number of nitrogens with one attached hydrogen (secondary N) is 1. The van der Waals surface area contributed by atoms with Gasteiger partial charge in [0.1, 0.15) is 0 Å². The molecule has 0 aromatic rings. The maximum atomic E-state index is 4.90. The van der Waals surface area contributed by atoms with Crippen molar-refractivity contribution in [1.82, 2.24) is 5.32 Å². The van der Waals surface area contributed by atoms with Crippen LogP contribution in [-0.2, 0) is 0 Å².